The van der Waals surface area contributed by atoms with Crippen molar-refractivity contribution >= 4 is 23.7 Å². The SMILES string of the molecule is COC(=O)[C@@H]1C[C@H](OC(C)=O)C(=O)[C@@H]2[C@](C)(C[C@H](O)c3ccoc3)[C@@H](CC(=O)O)CC[C@]21C. The van der Waals surface area contributed by atoms with E-state index >= 15 is 0 Å². The van der Waals surface area contributed by atoms with Crippen LogP contribution in [-0.2, 0) is 28.7 Å². The highest BCUT2D eigenvalue weighted by Gasteiger charge is 2.65. The number of carboxylic acids is 1. The van der Waals surface area contributed by atoms with E-state index in [1.165, 1.54) is 26.6 Å². The Bertz CT molecular complexity index is 907. The van der Waals surface area contributed by atoms with Gasteiger partial charge in [-0.2, -0.15) is 0 Å². The lowest BCUT2D eigenvalue weighted by atomic mass is 9.43. The van der Waals surface area contributed by atoms with Gasteiger partial charge in [0.1, 0.15) is 0 Å². The van der Waals surface area contributed by atoms with Crippen molar-refractivity contribution in [1.29, 1.82) is 0 Å². The Kier molecular flexibility index (Phi) is 7.02. The van der Waals surface area contributed by atoms with Crippen molar-refractivity contribution in [2.45, 2.75) is 65.1 Å². The van der Waals surface area contributed by atoms with Crippen molar-refractivity contribution in [3.05, 3.63) is 24.2 Å². The number of rotatable bonds is 7. The van der Waals surface area contributed by atoms with Crippen LogP contribution in [0.2, 0.25) is 0 Å². The predicted octanol–water partition coefficient (Wildman–Crippen LogP) is 2.91. The van der Waals surface area contributed by atoms with Gasteiger partial charge in [0.25, 0.3) is 0 Å². The maximum Gasteiger partial charge on any atom is 0.309 e. The minimum absolute atomic E-state index is 0.0159. The second kappa shape index (κ2) is 9.29. The van der Waals surface area contributed by atoms with E-state index < -0.39 is 58.7 Å². The molecule has 0 bridgehead atoms. The van der Waals surface area contributed by atoms with E-state index in [1.807, 2.05) is 6.92 Å². The summed E-state index contributed by atoms with van der Waals surface area (Å²) < 4.78 is 15.4. The summed E-state index contributed by atoms with van der Waals surface area (Å²) in [6.45, 7) is 4.85. The first kappa shape index (κ1) is 25.0. The number of ether oxygens (including phenoxy) is 2. The summed E-state index contributed by atoms with van der Waals surface area (Å²) in [4.78, 5) is 50.1. The third-order valence-corrected chi connectivity index (χ3v) is 7.91. The Morgan fingerprint density at radius 2 is 2.00 bits per heavy atom. The van der Waals surface area contributed by atoms with Crippen LogP contribution in [0.3, 0.4) is 0 Å². The van der Waals surface area contributed by atoms with E-state index in [1.54, 1.807) is 13.0 Å². The van der Waals surface area contributed by atoms with Gasteiger partial charge >= 0.3 is 17.9 Å². The summed E-state index contributed by atoms with van der Waals surface area (Å²) in [6.07, 6.45) is 1.50. The Hall–Kier alpha value is -2.68. The molecule has 2 fully saturated rings. The monoisotopic (exact) mass is 464 g/mol. The Morgan fingerprint density at radius 3 is 2.55 bits per heavy atom. The summed E-state index contributed by atoms with van der Waals surface area (Å²) in [5, 5.41) is 20.6. The zero-order valence-electron chi connectivity index (χ0n) is 19.4. The van der Waals surface area contributed by atoms with Crippen molar-refractivity contribution in [1.82, 2.24) is 0 Å². The van der Waals surface area contributed by atoms with E-state index in [9.17, 15) is 29.4 Å². The molecule has 1 heterocycles. The van der Waals surface area contributed by atoms with Crippen LogP contribution < -0.4 is 0 Å². The van der Waals surface area contributed by atoms with E-state index in [0.717, 1.165) is 0 Å². The number of carboxylic acid groups (broad SMARTS) is 1. The van der Waals surface area contributed by atoms with Gasteiger partial charge in [0, 0.05) is 31.2 Å². The average molecular weight is 465 g/mol. The highest BCUT2D eigenvalue weighted by molar-refractivity contribution is 5.92. The molecule has 9 nitrogen and oxygen atoms in total. The molecule has 9 heteroatoms. The molecule has 3 rings (SSSR count). The third-order valence-electron chi connectivity index (χ3n) is 7.91. The highest BCUT2D eigenvalue weighted by atomic mass is 16.5. The van der Waals surface area contributed by atoms with Crippen LogP contribution in [0.4, 0.5) is 0 Å². The molecule has 0 saturated heterocycles. The first-order valence-electron chi connectivity index (χ1n) is 11.1. The molecule has 0 radical (unpaired) electrons. The number of fused-ring (bicyclic) bond motifs is 1. The normalized spacial score (nSPS) is 34.8. The number of carbonyl (C=O) groups is 4. The van der Waals surface area contributed by atoms with E-state index in [-0.39, 0.29) is 25.0 Å². The third kappa shape index (κ3) is 4.55. The van der Waals surface area contributed by atoms with Crippen molar-refractivity contribution in [3.8, 4) is 0 Å². The number of esters is 2. The maximum absolute atomic E-state index is 13.8. The second-order valence-corrected chi connectivity index (χ2v) is 9.87. The summed E-state index contributed by atoms with van der Waals surface area (Å²) in [7, 11) is 1.27. The molecule has 2 N–H and O–H groups in total. The van der Waals surface area contributed by atoms with Crippen LogP contribution in [0, 0.1) is 28.6 Å². The van der Waals surface area contributed by atoms with E-state index in [2.05, 4.69) is 0 Å². The molecule has 0 unspecified atom stereocenters. The van der Waals surface area contributed by atoms with Gasteiger partial charge < -0.3 is 24.1 Å². The molecular formula is C24H32O9. The van der Waals surface area contributed by atoms with Crippen molar-refractivity contribution in [2.75, 3.05) is 7.11 Å². The summed E-state index contributed by atoms with van der Waals surface area (Å²) in [5.74, 6) is -4.47. The van der Waals surface area contributed by atoms with Crippen molar-refractivity contribution < 1.29 is 43.3 Å². The summed E-state index contributed by atoms with van der Waals surface area (Å²) >= 11 is 0. The molecular weight excluding hydrogens is 432 g/mol. The van der Waals surface area contributed by atoms with Crippen LogP contribution in [0.25, 0.3) is 0 Å². The standard InChI is InChI=1S/C24H32O9/c1-13(25)33-18-10-16(22(30)31-4)23(2)7-5-15(9-19(27)28)24(3,21(23)20(18)29)11-17(26)14-6-8-32-12-14/h6,8,12,15-18,21,26H,5,7,9-11H2,1-4H3,(H,27,28)/t15-,16+,17+,18+,21+,23+,24-/m1/s1. The quantitative estimate of drug-likeness (QED) is 0.583. The lowest BCUT2D eigenvalue weighted by molar-refractivity contribution is -0.193. The Morgan fingerprint density at radius 1 is 1.30 bits per heavy atom. The lowest BCUT2D eigenvalue weighted by Gasteiger charge is -2.60. The number of aliphatic hydroxyl groups is 1. The molecule has 182 valence electrons. The molecule has 1 aromatic rings. The van der Waals surface area contributed by atoms with Gasteiger partial charge in [-0.1, -0.05) is 13.8 Å². The minimum atomic E-state index is -1.14. The molecule has 2 aliphatic rings. The van der Waals surface area contributed by atoms with Crippen molar-refractivity contribution in [3.63, 3.8) is 0 Å². The van der Waals surface area contributed by atoms with Crippen LogP contribution in [0.5, 0.6) is 0 Å². The minimum Gasteiger partial charge on any atom is -0.481 e. The van der Waals surface area contributed by atoms with Crippen LogP contribution in [-0.4, -0.2) is 47.1 Å². The molecule has 2 saturated carbocycles. The molecule has 1 aromatic heterocycles. The van der Waals surface area contributed by atoms with Crippen molar-refractivity contribution in [2.24, 2.45) is 28.6 Å². The zero-order valence-corrected chi connectivity index (χ0v) is 19.4. The van der Waals surface area contributed by atoms with Crippen LogP contribution >= 0.6 is 0 Å². The summed E-state index contributed by atoms with van der Waals surface area (Å²) in [6, 6.07) is 1.61. The fourth-order valence-corrected chi connectivity index (χ4v) is 6.40. The fraction of sp³-hybridized carbons (Fsp3) is 0.667. The number of aliphatic hydroxyl groups excluding tert-OH is 1. The lowest BCUT2D eigenvalue weighted by Crippen LogP contribution is -2.63. The molecule has 7 atom stereocenters. The van der Waals surface area contributed by atoms with Gasteiger partial charge in [0.05, 0.1) is 31.7 Å². The second-order valence-electron chi connectivity index (χ2n) is 9.87. The number of methoxy groups -OCH3 is 1. The molecule has 0 amide bonds. The number of hydrogen-bond donors (Lipinski definition) is 2. The first-order valence-corrected chi connectivity index (χ1v) is 11.1. The average Bonchev–Trinajstić information content (AvgIpc) is 3.26. The first-order chi connectivity index (χ1) is 15.4. The predicted molar refractivity (Wildman–Crippen MR) is 114 cm³/mol. The van der Waals surface area contributed by atoms with Gasteiger partial charge in [-0.25, -0.2) is 0 Å². The van der Waals surface area contributed by atoms with E-state index in [0.29, 0.717) is 18.4 Å². The number of furan rings is 1. The number of aliphatic carboxylic acids is 1. The Balaban J connectivity index is 2.12. The number of Topliss-reactive ketones (excluding diaryl/α,β-unsaturated/α-hetero) is 1. The smallest absolute Gasteiger partial charge is 0.309 e. The van der Waals surface area contributed by atoms with Gasteiger partial charge in [-0.3, -0.25) is 19.2 Å². The van der Waals surface area contributed by atoms with Crippen LogP contribution in [0.15, 0.2) is 23.0 Å². The molecule has 0 aliphatic heterocycles. The fourth-order valence-electron chi connectivity index (χ4n) is 6.40. The number of hydrogen-bond acceptors (Lipinski definition) is 8. The summed E-state index contributed by atoms with van der Waals surface area (Å²) in [5.41, 5.74) is -1.33. The van der Waals surface area contributed by atoms with Gasteiger partial charge in [0.15, 0.2) is 11.9 Å². The zero-order chi connectivity index (χ0) is 24.6. The molecule has 33 heavy (non-hydrogen) atoms. The topological polar surface area (TPSA) is 140 Å². The number of ketones is 1. The molecule has 2 aliphatic carbocycles. The highest BCUT2D eigenvalue weighted by Crippen LogP contribution is 2.63. The Labute approximate surface area is 192 Å². The van der Waals surface area contributed by atoms with E-state index in [4.69, 9.17) is 13.9 Å². The van der Waals surface area contributed by atoms with Gasteiger partial charge in [-0.05, 0) is 42.1 Å². The van der Waals surface area contributed by atoms with Gasteiger partial charge in [0.2, 0.25) is 0 Å². The number of carbonyl (C=O) groups excluding carboxylic acids is 3. The van der Waals surface area contributed by atoms with Crippen LogP contribution in [0.1, 0.15) is 64.5 Å². The van der Waals surface area contributed by atoms with Gasteiger partial charge in [-0.15, -0.1) is 0 Å². The molecule has 0 spiro atoms. The largest absolute Gasteiger partial charge is 0.481 e. The molecule has 0 aromatic carbocycles. The maximum atomic E-state index is 13.8.